The zero-order valence-electron chi connectivity index (χ0n) is 16.5. The van der Waals surface area contributed by atoms with E-state index in [2.05, 4.69) is 43.4 Å². The highest BCUT2D eigenvalue weighted by molar-refractivity contribution is 5.93. The van der Waals surface area contributed by atoms with Gasteiger partial charge in [-0.05, 0) is 60.4 Å². The van der Waals surface area contributed by atoms with Crippen LogP contribution in [-0.4, -0.2) is 18.4 Å². The molecular formula is C23H28N2O3. The monoisotopic (exact) mass is 380 g/mol. The van der Waals surface area contributed by atoms with Crippen molar-refractivity contribution in [3.63, 3.8) is 0 Å². The average molecular weight is 380 g/mol. The van der Waals surface area contributed by atoms with Gasteiger partial charge >= 0.3 is 0 Å². The minimum absolute atomic E-state index is 0.0150. The maximum atomic E-state index is 12.4. The zero-order valence-corrected chi connectivity index (χ0v) is 16.5. The van der Waals surface area contributed by atoms with Crippen molar-refractivity contribution < 1.29 is 14.3 Å². The first-order valence-electron chi connectivity index (χ1n) is 9.83. The fraction of sp³-hybridized carbons (Fsp3) is 0.391. The lowest BCUT2D eigenvalue weighted by atomic mass is 9.97. The molecule has 0 bridgehead atoms. The van der Waals surface area contributed by atoms with Crippen molar-refractivity contribution in [1.82, 2.24) is 5.32 Å². The summed E-state index contributed by atoms with van der Waals surface area (Å²) in [5.74, 6) is 0.859. The summed E-state index contributed by atoms with van der Waals surface area (Å²) >= 11 is 0. The zero-order chi connectivity index (χ0) is 20.1. The van der Waals surface area contributed by atoms with Gasteiger partial charge in [0.2, 0.25) is 5.91 Å². The van der Waals surface area contributed by atoms with Gasteiger partial charge in [-0.15, -0.1) is 0 Å². The summed E-state index contributed by atoms with van der Waals surface area (Å²) in [5, 5.41) is 3.11. The molecule has 0 heterocycles. The van der Waals surface area contributed by atoms with Crippen LogP contribution in [0.25, 0.3) is 0 Å². The van der Waals surface area contributed by atoms with Gasteiger partial charge in [-0.2, -0.15) is 0 Å². The van der Waals surface area contributed by atoms with E-state index in [1.54, 1.807) is 24.3 Å². The SMILES string of the molecule is CC(C)Cc1ccc(C(NC(=O)COc2cccc(C(N)=O)c2)C2CC2)cc1. The van der Waals surface area contributed by atoms with Gasteiger partial charge in [0.1, 0.15) is 5.75 Å². The van der Waals surface area contributed by atoms with Crippen LogP contribution in [0.15, 0.2) is 48.5 Å². The Morgan fingerprint density at radius 2 is 1.86 bits per heavy atom. The molecule has 3 rings (SSSR count). The van der Waals surface area contributed by atoms with Crippen LogP contribution < -0.4 is 15.8 Å². The van der Waals surface area contributed by atoms with Crippen molar-refractivity contribution in [2.24, 2.45) is 17.6 Å². The Morgan fingerprint density at radius 3 is 2.46 bits per heavy atom. The molecule has 0 spiro atoms. The molecule has 28 heavy (non-hydrogen) atoms. The fourth-order valence-corrected chi connectivity index (χ4v) is 3.34. The number of primary amides is 1. The van der Waals surface area contributed by atoms with E-state index >= 15 is 0 Å². The van der Waals surface area contributed by atoms with Crippen molar-refractivity contribution in [2.45, 2.75) is 39.2 Å². The highest BCUT2D eigenvalue weighted by Gasteiger charge is 2.33. The van der Waals surface area contributed by atoms with Crippen LogP contribution in [0, 0.1) is 11.8 Å². The number of benzene rings is 2. The van der Waals surface area contributed by atoms with Crippen LogP contribution in [0.1, 0.15) is 54.2 Å². The number of hydrogen-bond acceptors (Lipinski definition) is 3. The molecule has 5 nitrogen and oxygen atoms in total. The topological polar surface area (TPSA) is 81.4 Å². The van der Waals surface area contributed by atoms with E-state index in [0.717, 1.165) is 24.8 Å². The molecule has 0 aliphatic heterocycles. The van der Waals surface area contributed by atoms with E-state index < -0.39 is 5.91 Å². The number of rotatable bonds is 9. The van der Waals surface area contributed by atoms with Crippen LogP contribution in [0.4, 0.5) is 0 Å². The molecule has 0 saturated heterocycles. The summed E-state index contributed by atoms with van der Waals surface area (Å²) in [7, 11) is 0. The Morgan fingerprint density at radius 1 is 1.14 bits per heavy atom. The Balaban J connectivity index is 1.59. The van der Waals surface area contributed by atoms with Crippen molar-refractivity contribution >= 4 is 11.8 Å². The lowest BCUT2D eigenvalue weighted by molar-refractivity contribution is -0.124. The average Bonchev–Trinajstić information content (AvgIpc) is 3.50. The second kappa shape index (κ2) is 8.91. The molecule has 1 aliphatic carbocycles. The molecule has 5 heteroatoms. The van der Waals surface area contributed by atoms with Gasteiger partial charge in [0.25, 0.3) is 5.91 Å². The molecule has 2 aromatic carbocycles. The molecule has 2 amide bonds. The van der Waals surface area contributed by atoms with E-state index in [9.17, 15) is 9.59 Å². The minimum Gasteiger partial charge on any atom is -0.484 e. The summed E-state index contributed by atoms with van der Waals surface area (Å²) in [4.78, 5) is 23.7. The predicted octanol–water partition coefficient (Wildman–Crippen LogP) is 3.63. The highest BCUT2D eigenvalue weighted by atomic mass is 16.5. The number of ether oxygens (including phenoxy) is 1. The second-order valence-corrected chi connectivity index (χ2v) is 7.90. The minimum atomic E-state index is -0.524. The van der Waals surface area contributed by atoms with Crippen molar-refractivity contribution in [3.8, 4) is 5.75 Å². The molecule has 2 aromatic rings. The Bertz CT molecular complexity index is 826. The van der Waals surface area contributed by atoms with E-state index in [1.165, 1.54) is 5.56 Å². The molecule has 1 aliphatic rings. The first-order valence-corrected chi connectivity index (χ1v) is 9.83. The summed E-state index contributed by atoms with van der Waals surface area (Å²) < 4.78 is 5.54. The van der Waals surface area contributed by atoms with Gasteiger partial charge in [-0.3, -0.25) is 9.59 Å². The molecule has 3 N–H and O–H groups in total. The predicted molar refractivity (Wildman–Crippen MR) is 109 cm³/mol. The quantitative estimate of drug-likeness (QED) is 0.697. The van der Waals surface area contributed by atoms with E-state index in [4.69, 9.17) is 10.5 Å². The van der Waals surface area contributed by atoms with Crippen LogP contribution in [-0.2, 0) is 11.2 Å². The first kappa shape index (κ1) is 19.9. The Hall–Kier alpha value is -2.82. The van der Waals surface area contributed by atoms with E-state index in [0.29, 0.717) is 23.1 Å². The second-order valence-electron chi connectivity index (χ2n) is 7.90. The number of carbonyl (C=O) groups is 2. The van der Waals surface area contributed by atoms with Gasteiger partial charge in [0, 0.05) is 5.56 Å². The normalized spacial score (nSPS) is 14.5. The molecule has 1 fully saturated rings. The molecule has 1 atom stereocenters. The lowest BCUT2D eigenvalue weighted by Gasteiger charge is -2.19. The number of amides is 2. The van der Waals surface area contributed by atoms with Gasteiger partial charge in [-0.25, -0.2) is 0 Å². The Labute approximate surface area is 166 Å². The number of hydrogen-bond donors (Lipinski definition) is 2. The summed E-state index contributed by atoms with van der Waals surface area (Å²) in [6.45, 7) is 4.32. The highest BCUT2D eigenvalue weighted by Crippen LogP contribution is 2.41. The molecule has 0 radical (unpaired) electrons. The van der Waals surface area contributed by atoms with Gasteiger partial charge in [-0.1, -0.05) is 44.2 Å². The number of carbonyl (C=O) groups excluding carboxylic acids is 2. The van der Waals surface area contributed by atoms with Gasteiger partial charge in [0.15, 0.2) is 6.61 Å². The Kier molecular flexibility index (Phi) is 6.34. The first-order chi connectivity index (χ1) is 13.4. The third kappa shape index (κ3) is 5.59. The lowest BCUT2D eigenvalue weighted by Crippen LogP contribution is -2.33. The van der Waals surface area contributed by atoms with Crippen molar-refractivity contribution in [2.75, 3.05) is 6.61 Å². The van der Waals surface area contributed by atoms with Crippen LogP contribution in [0.2, 0.25) is 0 Å². The third-order valence-electron chi connectivity index (χ3n) is 4.88. The van der Waals surface area contributed by atoms with Crippen LogP contribution in [0.5, 0.6) is 5.75 Å². The fourth-order valence-electron chi connectivity index (χ4n) is 3.34. The maximum absolute atomic E-state index is 12.4. The smallest absolute Gasteiger partial charge is 0.258 e. The summed E-state index contributed by atoms with van der Waals surface area (Å²) in [5.41, 5.74) is 8.08. The van der Waals surface area contributed by atoms with Crippen LogP contribution >= 0.6 is 0 Å². The van der Waals surface area contributed by atoms with Gasteiger partial charge in [0.05, 0.1) is 6.04 Å². The largest absolute Gasteiger partial charge is 0.484 e. The van der Waals surface area contributed by atoms with Crippen molar-refractivity contribution in [1.29, 1.82) is 0 Å². The summed E-state index contributed by atoms with van der Waals surface area (Å²) in [6, 6.07) is 15.1. The van der Waals surface area contributed by atoms with Crippen LogP contribution in [0.3, 0.4) is 0 Å². The van der Waals surface area contributed by atoms with E-state index in [1.807, 2.05) is 0 Å². The molecule has 1 unspecified atom stereocenters. The molecule has 1 saturated carbocycles. The van der Waals surface area contributed by atoms with Crippen molar-refractivity contribution in [3.05, 3.63) is 65.2 Å². The number of nitrogens with two attached hydrogens (primary N) is 1. The maximum Gasteiger partial charge on any atom is 0.258 e. The summed E-state index contributed by atoms with van der Waals surface area (Å²) in [6.07, 6.45) is 3.30. The third-order valence-corrected chi connectivity index (χ3v) is 4.88. The molecule has 0 aromatic heterocycles. The van der Waals surface area contributed by atoms with Gasteiger partial charge < -0.3 is 15.8 Å². The van der Waals surface area contributed by atoms with E-state index in [-0.39, 0.29) is 18.6 Å². The standard InChI is InChI=1S/C23H28N2O3/c1-15(2)12-16-6-8-17(9-7-16)22(18-10-11-18)25-21(26)14-28-20-5-3-4-19(13-20)23(24)27/h3-9,13,15,18,22H,10-12,14H2,1-2H3,(H2,24,27)(H,25,26). The molecule has 148 valence electrons. The number of nitrogens with one attached hydrogen (secondary N) is 1. The molecular weight excluding hydrogens is 352 g/mol.